The van der Waals surface area contributed by atoms with E-state index in [2.05, 4.69) is 10.6 Å². The molecular weight excluding hydrogens is 154 g/mol. The zero-order valence-corrected chi connectivity index (χ0v) is 7.31. The first-order valence-electron chi connectivity index (χ1n) is 4.53. The van der Waals surface area contributed by atoms with Crippen molar-refractivity contribution in [3.8, 4) is 0 Å². The second kappa shape index (κ2) is 5.11. The van der Waals surface area contributed by atoms with Crippen LogP contribution in [0.15, 0.2) is 0 Å². The lowest BCUT2D eigenvalue weighted by Gasteiger charge is -2.23. The molecule has 1 atom stereocenters. The van der Waals surface area contributed by atoms with Crippen LogP contribution in [0, 0.1) is 0 Å². The molecule has 1 aliphatic rings. The summed E-state index contributed by atoms with van der Waals surface area (Å²) in [6, 6.07) is 0.317. The van der Waals surface area contributed by atoms with Crippen molar-refractivity contribution < 1.29 is 4.79 Å². The highest BCUT2D eigenvalue weighted by Gasteiger charge is 2.14. The molecule has 1 heterocycles. The number of carbonyl (C=O) groups is 1. The van der Waals surface area contributed by atoms with E-state index >= 15 is 0 Å². The Labute approximate surface area is 72.9 Å². The Bertz CT molecular complexity index is 143. The summed E-state index contributed by atoms with van der Waals surface area (Å²) in [7, 11) is 0. The Kier molecular flexibility index (Phi) is 4.04. The minimum atomic E-state index is 0.0752. The number of rotatable bonds is 3. The van der Waals surface area contributed by atoms with E-state index in [1.54, 1.807) is 0 Å². The monoisotopic (exact) mass is 171 g/mol. The van der Waals surface area contributed by atoms with Crippen LogP contribution in [0.25, 0.3) is 0 Å². The second-order valence-corrected chi connectivity index (χ2v) is 3.15. The van der Waals surface area contributed by atoms with Crippen LogP contribution in [-0.2, 0) is 4.79 Å². The van der Waals surface area contributed by atoms with Gasteiger partial charge in [0.05, 0.1) is 0 Å². The molecule has 1 rings (SSSR count). The van der Waals surface area contributed by atoms with Gasteiger partial charge in [0, 0.05) is 25.6 Å². The molecule has 0 saturated carbocycles. The maximum absolute atomic E-state index is 11.1. The lowest BCUT2D eigenvalue weighted by Crippen LogP contribution is -2.45. The first kappa shape index (κ1) is 9.48. The molecule has 1 fully saturated rings. The van der Waals surface area contributed by atoms with Crippen molar-refractivity contribution in [1.29, 1.82) is 0 Å². The summed E-state index contributed by atoms with van der Waals surface area (Å²) in [5.74, 6) is 0.0752. The summed E-state index contributed by atoms with van der Waals surface area (Å²) >= 11 is 0. The van der Waals surface area contributed by atoms with Gasteiger partial charge >= 0.3 is 0 Å². The molecule has 1 amide bonds. The number of nitrogens with two attached hydrogens (primary N) is 1. The molecule has 0 bridgehead atoms. The molecule has 4 heteroatoms. The van der Waals surface area contributed by atoms with Crippen molar-refractivity contribution in [2.75, 3.05) is 19.6 Å². The van der Waals surface area contributed by atoms with E-state index in [0.717, 1.165) is 25.9 Å². The molecule has 70 valence electrons. The summed E-state index contributed by atoms with van der Waals surface area (Å²) in [5, 5.41) is 6.17. The SMILES string of the molecule is NCCC(=O)N[C@@H]1CCCNC1. The van der Waals surface area contributed by atoms with E-state index in [9.17, 15) is 4.79 Å². The zero-order chi connectivity index (χ0) is 8.81. The average molecular weight is 171 g/mol. The van der Waals surface area contributed by atoms with Crippen LogP contribution < -0.4 is 16.4 Å². The summed E-state index contributed by atoms with van der Waals surface area (Å²) in [4.78, 5) is 11.1. The summed E-state index contributed by atoms with van der Waals surface area (Å²) in [5.41, 5.74) is 5.26. The third kappa shape index (κ3) is 3.19. The average Bonchev–Trinajstić information content (AvgIpc) is 2.06. The number of carbonyl (C=O) groups excluding carboxylic acids is 1. The normalized spacial score (nSPS) is 23.6. The van der Waals surface area contributed by atoms with Crippen LogP contribution >= 0.6 is 0 Å². The zero-order valence-electron chi connectivity index (χ0n) is 7.31. The number of nitrogens with one attached hydrogen (secondary N) is 2. The quantitative estimate of drug-likeness (QED) is 0.521. The topological polar surface area (TPSA) is 67.2 Å². The molecule has 0 aromatic heterocycles. The van der Waals surface area contributed by atoms with Gasteiger partial charge in [-0.25, -0.2) is 0 Å². The Morgan fingerprint density at radius 1 is 1.67 bits per heavy atom. The van der Waals surface area contributed by atoms with Crippen molar-refractivity contribution in [2.45, 2.75) is 25.3 Å². The molecule has 0 unspecified atom stereocenters. The fourth-order valence-electron chi connectivity index (χ4n) is 1.41. The largest absolute Gasteiger partial charge is 0.352 e. The van der Waals surface area contributed by atoms with Gasteiger partial charge in [0.15, 0.2) is 0 Å². The molecule has 0 radical (unpaired) electrons. The Morgan fingerprint density at radius 3 is 3.08 bits per heavy atom. The predicted molar refractivity (Wildman–Crippen MR) is 47.7 cm³/mol. The van der Waals surface area contributed by atoms with E-state index in [0.29, 0.717) is 19.0 Å². The van der Waals surface area contributed by atoms with Crippen LogP contribution in [-0.4, -0.2) is 31.6 Å². The van der Waals surface area contributed by atoms with Gasteiger partial charge in [-0.15, -0.1) is 0 Å². The molecule has 1 saturated heterocycles. The molecule has 4 nitrogen and oxygen atoms in total. The molecule has 0 aromatic rings. The first-order valence-corrected chi connectivity index (χ1v) is 4.53. The molecule has 0 aliphatic carbocycles. The standard InChI is InChI=1S/C8H17N3O/c9-4-3-8(12)11-7-2-1-5-10-6-7/h7,10H,1-6,9H2,(H,11,12)/t7-/m1/s1. The minimum Gasteiger partial charge on any atom is -0.352 e. The maximum Gasteiger partial charge on any atom is 0.221 e. The van der Waals surface area contributed by atoms with Gasteiger partial charge < -0.3 is 16.4 Å². The summed E-state index contributed by atoms with van der Waals surface area (Å²) in [6.07, 6.45) is 2.67. The highest BCUT2D eigenvalue weighted by atomic mass is 16.1. The molecule has 0 aromatic carbocycles. The van der Waals surface area contributed by atoms with Gasteiger partial charge in [-0.05, 0) is 19.4 Å². The van der Waals surface area contributed by atoms with Gasteiger partial charge in [0.2, 0.25) is 5.91 Å². The van der Waals surface area contributed by atoms with Crippen molar-refractivity contribution in [3.63, 3.8) is 0 Å². The fourth-order valence-corrected chi connectivity index (χ4v) is 1.41. The highest BCUT2D eigenvalue weighted by Crippen LogP contribution is 2.00. The fraction of sp³-hybridized carbons (Fsp3) is 0.875. The highest BCUT2D eigenvalue weighted by molar-refractivity contribution is 5.76. The lowest BCUT2D eigenvalue weighted by molar-refractivity contribution is -0.121. The summed E-state index contributed by atoms with van der Waals surface area (Å²) < 4.78 is 0. The van der Waals surface area contributed by atoms with Crippen molar-refractivity contribution >= 4 is 5.91 Å². The van der Waals surface area contributed by atoms with Gasteiger partial charge in [0.25, 0.3) is 0 Å². The number of amides is 1. The minimum absolute atomic E-state index is 0.0752. The number of hydrogen-bond acceptors (Lipinski definition) is 3. The lowest BCUT2D eigenvalue weighted by atomic mass is 10.1. The van der Waals surface area contributed by atoms with E-state index < -0.39 is 0 Å². The number of hydrogen-bond donors (Lipinski definition) is 3. The van der Waals surface area contributed by atoms with Crippen LogP contribution in [0.1, 0.15) is 19.3 Å². The molecular formula is C8H17N3O. The Balaban J connectivity index is 2.15. The van der Waals surface area contributed by atoms with Gasteiger partial charge in [-0.1, -0.05) is 0 Å². The molecule has 4 N–H and O–H groups in total. The van der Waals surface area contributed by atoms with E-state index in [1.165, 1.54) is 0 Å². The predicted octanol–water partition coefficient (Wildman–Crippen LogP) is -0.797. The van der Waals surface area contributed by atoms with Crippen LogP contribution in [0.2, 0.25) is 0 Å². The Hall–Kier alpha value is -0.610. The van der Waals surface area contributed by atoms with Crippen LogP contribution in [0.4, 0.5) is 0 Å². The van der Waals surface area contributed by atoms with E-state index in [4.69, 9.17) is 5.73 Å². The van der Waals surface area contributed by atoms with Crippen LogP contribution in [0.3, 0.4) is 0 Å². The third-order valence-corrected chi connectivity index (χ3v) is 2.03. The molecule has 12 heavy (non-hydrogen) atoms. The van der Waals surface area contributed by atoms with Gasteiger partial charge in [0.1, 0.15) is 0 Å². The Morgan fingerprint density at radius 2 is 2.50 bits per heavy atom. The van der Waals surface area contributed by atoms with Crippen LogP contribution in [0.5, 0.6) is 0 Å². The second-order valence-electron chi connectivity index (χ2n) is 3.15. The third-order valence-electron chi connectivity index (χ3n) is 2.03. The van der Waals surface area contributed by atoms with Gasteiger partial charge in [-0.2, -0.15) is 0 Å². The maximum atomic E-state index is 11.1. The summed E-state index contributed by atoms with van der Waals surface area (Å²) in [6.45, 7) is 2.41. The first-order chi connectivity index (χ1) is 5.83. The number of piperidine rings is 1. The van der Waals surface area contributed by atoms with Crippen molar-refractivity contribution in [1.82, 2.24) is 10.6 Å². The van der Waals surface area contributed by atoms with Crippen molar-refractivity contribution in [2.24, 2.45) is 5.73 Å². The molecule has 1 aliphatic heterocycles. The smallest absolute Gasteiger partial charge is 0.221 e. The van der Waals surface area contributed by atoms with E-state index in [1.807, 2.05) is 0 Å². The molecule has 0 spiro atoms. The van der Waals surface area contributed by atoms with Gasteiger partial charge in [-0.3, -0.25) is 4.79 Å². The van der Waals surface area contributed by atoms with Crippen molar-refractivity contribution in [3.05, 3.63) is 0 Å². The van der Waals surface area contributed by atoms with E-state index in [-0.39, 0.29) is 5.91 Å².